The zero-order valence-corrected chi connectivity index (χ0v) is 19.2. The molecular weight excluding hydrogens is 456 g/mol. The highest BCUT2D eigenvalue weighted by Crippen LogP contribution is 2.45. The lowest BCUT2D eigenvalue weighted by molar-refractivity contribution is 0.0615. The average molecular weight is 478 g/mol. The summed E-state index contributed by atoms with van der Waals surface area (Å²) in [5, 5.41) is 14.2. The number of nitrogens with one attached hydrogen (secondary N) is 1. The minimum atomic E-state index is -0.578. The molecule has 34 heavy (non-hydrogen) atoms. The van der Waals surface area contributed by atoms with Gasteiger partial charge in [-0.05, 0) is 36.6 Å². The molecule has 3 N–H and O–H groups in total. The summed E-state index contributed by atoms with van der Waals surface area (Å²) in [6.07, 6.45) is 2.73. The van der Waals surface area contributed by atoms with Gasteiger partial charge in [-0.1, -0.05) is 6.07 Å². The predicted octanol–water partition coefficient (Wildman–Crippen LogP) is 4.38. The van der Waals surface area contributed by atoms with Crippen LogP contribution in [0.2, 0.25) is 0 Å². The maximum Gasteiger partial charge on any atom is 0.256 e. The van der Waals surface area contributed by atoms with Crippen molar-refractivity contribution in [3.8, 4) is 17.2 Å². The molecular formula is C25H21F2N5OS. The Morgan fingerprint density at radius 2 is 2.03 bits per heavy atom. The SMILES string of the molecule is Cc1cn2c3c(cc(F)c(-c4ccc(F)c5sc(N)c(C#N)c45)c13)C(=O)N1CCNC[C@H]1CC2. The van der Waals surface area contributed by atoms with Gasteiger partial charge in [-0.15, -0.1) is 11.3 Å². The van der Waals surface area contributed by atoms with E-state index in [9.17, 15) is 14.4 Å². The van der Waals surface area contributed by atoms with Gasteiger partial charge in [-0.25, -0.2) is 8.78 Å². The third kappa shape index (κ3) is 2.82. The number of hydrogen-bond donors (Lipinski definition) is 2. The van der Waals surface area contributed by atoms with E-state index in [1.807, 2.05) is 22.6 Å². The van der Waals surface area contributed by atoms with Crippen molar-refractivity contribution in [2.75, 3.05) is 25.4 Å². The molecule has 4 aromatic rings. The molecule has 0 unspecified atom stereocenters. The van der Waals surface area contributed by atoms with Crippen molar-refractivity contribution in [3.05, 3.63) is 52.7 Å². The highest BCUT2D eigenvalue weighted by Gasteiger charge is 2.33. The zero-order valence-electron chi connectivity index (χ0n) is 18.4. The lowest BCUT2D eigenvalue weighted by Crippen LogP contribution is -2.54. The van der Waals surface area contributed by atoms with Gasteiger partial charge in [0.1, 0.15) is 22.7 Å². The molecule has 1 amide bonds. The van der Waals surface area contributed by atoms with E-state index in [0.29, 0.717) is 47.1 Å². The van der Waals surface area contributed by atoms with Crippen LogP contribution < -0.4 is 11.1 Å². The number of carbonyl (C=O) groups is 1. The molecule has 1 atom stereocenters. The molecule has 2 aromatic carbocycles. The molecule has 6 rings (SSSR count). The predicted molar refractivity (Wildman–Crippen MR) is 129 cm³/mol. The van der Waals surface area contributed by atoms with Crippen LogP contribution >= 0.6 is 11.3 Å². The zero-order chi connectivity index (χ0) is 23.7. The summed E-state index contributed by atoms with van der Waals surface area (Å²) >= 11 is 0.983. The second-order valence-electron chi connectivity index (χ2n) is 8.91. The van der Waals surface area contributed by atoms with Gasteiger partial charge in [0.2, 0.25) is 0 Å². The third-order valence-corrected chi connectivity index (χ3v) is 8.05. The minimum absolute atomic E-state index is 0.0542. The Kier molecular flexibility index (Phi) is 4.66. The van der Waals surface area contributed by atoms with Crippen molar-refractivity contribution in [3.63, 3.8) is 0 Å². The first-order valence-electron chi connectivity index (χ1n) is 11.1. The summed E-state index contributed by atoms with van der Waals surface area (Å²) in [5.74, 6) is -1.26. The van der Waals surface area contributed by atoms with Gasteiger partial charge in [-0.3, -0.25) is 4.79 Å². The first kappa shape index (κ1) is 21.1. The summed E-state index contributed by atoms with van der Waals surface area (Å²) in [4.78, 5) is 15.4. The molecule has 1 fully saturated rings. The van der Waals surface area contributed by atoms with Crippen molar-refractivity contribution >= 4 is 43.2 Å². The normalized spacial score (nSPS) is 18.1. The van der Waals surface area contributed by atoms with Gasteiger partial charge in [0, 0.05) is 54.8 Å². The molecule has 0 saturated carbocycles. The minimum Gasteiger partial charge on any atom is -0.389 e. The van der Waals surface area contributed by atoms with Crippen LogP contribution in [0.15, 0.2) is 24.4 Å². The Morgan fingerprint density at radius 1 is 1.21 bits per heavy atom. The van der Waals surface area contributed by atoms with Crippen molar-refractivity contribution in [2.45, 2.75) is 25.9 Å². The van der Waals surface area contributed by atoms with E-state index < -0.39 is 11.6 Å². The fourth-order valence-corrected chi connectivity index (χ4v) is 6.47. The number of nitriles is 1. The highest BCUT2D eigenvalue weighted by molar-refractivity contribution is 7.23. The highest BCUT2D eigenvalue weighted by atomic mass is 32.1. The molecule has 0 bridgehead atoms. The van der Waals surface area contributed by atoms with Gasteiger partial charge in [0.05, 0.1) is 21.3 Å². The Labute approximate surface area is 198 Å². The second-order valence-corrected chi connectivity index (χ2v) is 9.96. The van der Waals surface area contributed by atoms with E-state index >= 15 is 4.39 Å². The summed E-state index contributed by atoms with van der Waals surface area (Å²) in [6.45, 7) is 4.57. The van der Waals surface area contributed by atoms with Gasteiger partial charge in [0.25, 0.3) is 5.91 Å². The average Bonchev–Trinajstić information content (AvgIpc) is 3.34. The molecule has 2 aliphatic heterocycles. The summed E-state index contributed by atoms with van der Waals surface area (Å²) in [6, 6.07) is 6.19. The number of anilines is 1. The monoisotopic (exact) mass is 477 g/mol. The molecule has 172 valence electrons. The Balaban J connectivity index is 1.69. The quantitative estimate of drug-likeness (QED) is 0.426. The Bertz CT molecular complexity index is 1560. The Morgan fingerprint density at radius 3 is 2.82 bits per heavy atom. The summed E-state index contributed by atoms with van der Waals surface area (Å²) in [7, 11) is 0. The topological polar surface area (TPSA) is 87.1 Å². The largest absolute Gasteiger partial charge is 0.389 e. The summed E-state index contributed by atoms with van der Waals surface area (Å²) < 4.78 is 32.9. The number of hydrogen-bond acceptors (Lipinski definition) is 5. The van der Waals surface area contributed by atoms with Gasteiger partial charge in [0.15, 0.2) is 0 Å². The van der Waals surface area contributed by atoms with E-state index in [1.165, 1.54) is 18.2 Å². The van der Waals surface area contributed by atoms with Crippen molar-refractivity contribution in [2.24, 2.45) is 0 Å². The number of piperazine rings is 1. The Hall–Kier alpha value is -3.48. The second kappa shape index (κ2) is 7.52. The van der Waals surface area contributed by atoms with Gasteiger partial charge in [-0.2, -0.15) is 5.26 Å². The third-order valence-electron chi connectivity index (χ3n) is 7.03. The number of nitrogens with zero attached hydrogens (tertiary/aromatic N) is 3. The fraction of sp³-hybridized carbons (Fsp3) is 0.280. The van der Waals surface area contributed by atoms with Crippen molar-refractivity contribution < 1.29 is 13.6 Å². The standard InChI is InChI=1S/C25H21F2N5OS/c1-12-11-31-6-4-13-10-30-5-7-32(13)25(33)15-8-18(27)21(19(12)22(15)31)14-2-3-17(26)23-20(14)16(9-28)24(29)34-23/h2-3,8,11,13,30H,4-7,10,29H2,1H3/t13-/m1/s1. The number of fused-ring (bicyclic) bond motifs is 2. The van der Waals surface area contributed by atoms with Gasteiger partial charge >= 0.3 is 0 Å². The van der Waals surface area contributed by atoms with E-state index in [4.69, 9.17) is 5.73 Å². The van der Waals surface area contributed by atoms with Crippen LogP contribution in [-0.4, -0.2) is 41.1 Å². The molecule has 6 nitrogen and oxygen atoms in total. The number of rotatable bonds is 1. The van der Waals surface area contributed by atoms with Crippen LogP contribution in [0.25, 0.3) is 32.1 Å². The fourth-order valence-electron chi connectivity index (χ4n) is 5.53. The maximum atomic E-state index is 16.0. The van der Waals surface area contributed by atoms with Crippen LogP contribution in [0, 0.1) is 29.9 Å². The number of amides is 1. The number of carbonyl (C=O) groups excluding carboxylic acids is 1. The number of thiophene rings is 1. The van der Waals surface area contributed by atoms with Crippen LogP contribution in [0.3, 0.4) is 0 Å². The molecule has 9 heteroatoms. The number of nitrogen functional groups attached to an aromatic ring is 1. The van der Waals surface area contributed by atoms with Crippen LogP contribution in [-0.2, 0) is 6.54 Å². The molecule has 1 saturated heterocycles. The lowest BCUT2D eigenvalue weighted by Gasteiger charge is -2.38. The molecule has 0 aliphatic carbocycles. The van der Waals surface area contributed by atoms with E-state index in [0.717, 1.165) is 29.9 Å². The molecule has 2 aromatic heterocycles. The maximum absolute atomic E-state index is 16.0. The molecule has 4 heterocycles. The lowest BCUT2D eigenvalue weighted by atomic mass is 9.92. The number of aryl methyl sites for hydroxylation is 2. The van der Waals surface area contributed by atoms with Crippen molar-refractivity contribution in [1.82, 2.24) is 14.8 Å². The van der Waals surface area contributed by atoms with E-state index in [-0.39, 0.29) is 32.8 Å². The van der Waals surface area contributed by atoms with Crippen LogP contribution in [0.1, 0.15) is 27.9 Å². The van der Waals surface area contributed by atoms with Crippen LogP contribution in [0.5, 0.6) is 0 Å². The van der Waals surface area contributed by atoms with Crippen molar-refractivity contribution in [1.29, 1.82) is 5.26 Å². The molecule has 2 aliphatic rings. The van der Waals surface area contributed by atoms with Gasteiger partial charge < -0.3 is 20.5 Å². The van der Waals surface area contributed by atoms with E-state index in [2.05, 4.69) is 11.4 Å². The number of aromatic nitrogens is 1. The first-order valence-corrected chi connectivity index (χ1v) is 12.0. The van der Waals surface area contributed by atoms with Crippen LogP contribution in [0.4, 0.5) is 13.8 Å². The first-order chi connectivity index (χ1) is 16.4. The molecule has 0 spiro atoms. The number of nitrogens with two attached hydrogens (primary N) is 1. The smallest absolute Gasteiger partial charge is 0.256 e. The van der Waals surface area contributed by atoms with E-state index in [1.54, 1.807) is 0 Å². The summed E-state index contributed by atoms with van der Waals surface area (Å²) in [5.41, 5.74) is 8.65. The molecule has 0 radical (unpaired) electrons. The number of halogens is 2. The number of benzene rings is 2.